The van der Waals surface area contributed by atoms with E-state index >= 15 is 0 Å². The summed E-state index contributed by atoms with van der Waals surface area (Å²) < 4.78 is 6.34. The Morgan fingerprint density at radius 1 is 1.22 bits per heavy atom. The van der Waals surface area contributed by atoms with E-state index in [0.717, 1.165) is 40.7 Å². The van der Waals surface area contributed by atoms with Crippen molar-refractivity contribution in [3.8, 4) is 0 Å². The maximum atomic E-state index is 13.2. The predicted octanol–water partition coefficient (Wildman–Crippen LogP) is 4.91. The van der Waals surface area contributed by atoms with Gasteiger partial charge in [-0.2, -0.15) is 0 Å². The molecule has 1 aromatic heterocycles. The van der Waals surface area contributed by atoms with Gasteiger partial charge in [-0.15, -0.1) is 0 Å². The Labute approximate surface area is 221 Å². The third kappa shape index (κ3) is 6.69. The first kappa shape index (κ1) is 27.8. The quantitative estimate of drug-likeness (QED) is 0.523. The van der Waals surface area contributed by atoms with Crippen LogP contribution in [0.5, 0.6) is 0 Å². The Kier molecular flexibility index (Phi) is 8.87. The largest absolute Gasteiger partial charge is 0.444 e. The Morgan fingerprint density at radius 3 is 2.47 bits per heavy atom. The highest BCUT2D eigenvalue weighted by Crippen LogP contribution is 2.32. The molecule has 9 heteroatoms. The molecule has 0 spiro atoms. The molecule has 36 heavy (non-hydrogen) atoms. The highest BCUT2D eigenvalue weighted by Gasteiger charge is 2.30. The van der Waals surface area contributed by atoms with Crippen molar-refractivity contribution in [2.75, 3.05) is 24.5 Å². The van der Waals surface area contributed by atoms with Crippen LogP contribution in [-0.4, -0.2) is 53.2 Å². The van der Waals surface area contributed by atoms with E-state index in [1.54, 1.807) is 11.1 Å². The van der Waals surface area contributed by atoms with Crippen molar-refractivity contribution >= 4 is 33.6 Å². The number of aromatic nitrogens is 1. The van der Waals surface area contributed by atoms with Gasteiger partial charge in [0.25, 0.3) is 11.5 Å². The lowest BCUT2D eigenvalue weighted by Crippen LogP contribution is -2.48. The fourth-order valence-electron chi connectivity index (χ4n) is 4.60. The van der Waals surface area contributed by atoms with E-state index in [9.17, 15) is 14.4 Å². The number of aromatic amines is 1. The maximum absolute atomic E-state index is 13.2. The number of amides is 2. The fourth-order valence-corrected chi connectivity index (χ4v) is 5.05. The predicted molar refractivity (Wildman–Crippen MR) is 146 cm³/mol. The molecule has 0 unspecified atom stereocenters. The number of nitrogens with one attached hydrogen (secondary N) is 2. The van der Waals surface area contributed by atoms with Crippen molar-refractivity contribution in [1.29, 1.82) is 0 Å². The number of piperidine rings is 1. The Balaban J connectivity index is 1.75. The SMILES string of the molecule is CCN(c1cc(Br)cc(C(=O)NCc2c(C)cc[nH]c2=O)c1C)C1CCN(C(=O)OC(C)(C)C)CC1. The van der Waals surface area contributed by atoms with Crippen LogP contribution in [0.2, 0.25) is 0 Å². The first-order valence-corrected chi connectivity index (χ1v) is 13.2. The third-order valence-electron chi connectivity index (χ3n) is 6.52. The minimum atomic E-state index is -0.513. The van der Waals surface area contributed by atoms with Gasteiger partial charge in [0.1, 0.15) is 5.60 Å². The second-order valence-electron chi connectivity index (χ2n) is 10.2. The van der Waals surface area contributed by atoms with Gasteiger partial charge >= 0.3 is 6.09 Å². The van der Waals surface area contributed by atoms with Gasteiger partial charge in [-0.3, -0.25) is 9.59 Å². The molecule has 0 saturated carbocycles. The minimum Gasteiger partial charge on any atom is -0.444 e. The number of H-pyrrole nitrogens is 1. The molecule has 8 nitrogen and oxygen atoms in total. The van der Waals surface area contributed by atoms with Crippen LogP contribution in [0, 0.1) is 13.8 Å². The molecule has 196 valence electrons. The summed E-state index contributed by atoms with van der Waals surface area (Å²) in [6, 6.07) is 5.92. The molecular formula is C27H37BrN4O4. The van der Waals surface area contributed by atoms with Crippen molar-refractivity contribution in [3.63, 3.8) is 0 Å². The van der Waals surface area contributed by atoms with Gasteiger partial charge in [0, 0.05) is 59.7 Å². The molecule has 1 saturated heterocycles. The van der Waals surface area contributed by atoms with Gasteiger partial charge in [-0.1, -0.05) is 15.9 Å². The second kappa shape index (κ2) is 11.5. The fraction of sp³-hybridized carbons (Fsp3) is 0.519. The summed E-state index contributed by atoms with van der Waals surface area (Å²) in [5.41, 5.74) is 3.10. The van der Waals surface area contributed by atoms with E-state index in [4.69, 9.17) is 4.74 Å². The van der Waals surface area contributed by atoms with Crippen LogP contribution in [-0.2, 0) is 11.3 Å². The summed E-state index contributed by atoms with van der Waals surface area (Å²) in [6.45, 7) is 13.7. The molecule has 0 atom stereocenters. The lowest BCUT2D eigenvalue weighted by atomic mass is 9.99. The highest BCUT2D eigenvalue weighted by atomic mass is 79.9. The van der Waals surface area contributed by atoms with Gasteiger partial charge in [0.2, 0.25) is 0 Å². The normalized spacial score (nSPS) is 14.5. The number of pyridine rings is 1. The molecule has 1 fully saturated rings. The average Bonchev–Trinajstić information content (AvgIpc) is 2.80. The number of benzene rings is 1. The Hall–Kier alpha value is -2.81. The minimum absolute atomic E-state index is 0.155. The number of carbonyl (C=O) groups is 2. The number of anilines is 1. The number of nitrogens with zero attached hydrogens (tertiary/aromatic N) is 2. The van der Waals surface area contributed by atoms with Gasteiger partial charge < -0.3 is 24.8 Å². The summed E-state index contributed by atoms with van der Waals surface area (Å²) in [4.78, 5) is 44.5. The standard InChI is InChI=1S/C27H37BrN4O4/c1-7-32(20-9-12-31(13-10-20)26(35)36-27(4,5)6)23-15-19(28)14-21(18(23)3)24(33)30-16-22-17(2)8-11-29-25(22)34/h8,11,14-15,20H,7,9-10,12-13,16H2,1-6H3,(H,29,34)(H,30,33). The Morgan fingerprint density at radius 2 is 1.89 bits per heavy atom. The molecule has 0 radical (unpaired) electrons. The van der Waals surface area contributed by atoms with Crippen LogP contribution in [0.3, 0.4) is 0 Å². The van der Waals surface area contributed by atoms with E-state index in [1.807, 2.05) is 52.8 Å². The molecule has 2 heterocycles. The first-order valence-electron chi connectivity index (χ1n) is 12.4. The van der Waals surface area contributed by atoms with Gasteiger partial charge in [-0.05, 0) is 83.7 Å². The van der Waals surface area contributed by atoms with Crippen molar-refractivity contribution in [2.45, 2.75) is 72.6 Å². The smallest absolute Gasteiger partial charge is 0.410 e. The lowest BCUT2D eigenvalue weighted by molar-refractivity contribution is 0.0204. The molecule has 2 amide bonds. The van der Waals surface area contributed by atoms with Gasteiger partial charge in [-0.25, -0.2) is 4.79 Å². The number of hydrogen-bond acceptors (Lipinski definition) is 5. The summed E-state index contributed by atoms with van der Waals surface area (Å²) in [5.74, 6) is -0.228. The highest BCUT2D eigenvalue weighted by molar-refractivity contribution is 9.10. The van der Waals surface area contributed by atoms with Crippen LogP contribution >= 0.6 is 15.9 Å². The number of hydrogen-bond donors (Lipinski definition) is 2. The van der Waals surface area contributed by atoms with Crippen molar-refractivity contribution < 1.29 is 14.3 Å². The summed E-state index contributed by atoms with van der Waals surface area (Å²) in [6.07, 6.45) is 2.97. The van der Waals surface area contributed by atoms with Crippen LogP contribution in [0.15, 0.2) is 33.7 Å². The van der Waals surface area contributed by atoms with Crippen LogP contribution in [0.1, 0.15) is 67.6 Å². The maximum Gasteiger partial charge on any atom is 0.410 e. The third-order valence-corrected chi connectivity index (χ3v) is 6.98. The number of aryl methyl sites for hydroxylation is 1. The molecule has 1 aliphatic heterocycles. The van der Waals surface area contributed by atoms with E-state index in [0.29, 0.717) is 24.2 Å². The van der Waals surface area contributed by atoms with Crippen LogP contribution in [0.4, 0.5) is 10.5 Å². The number of rotatable bonds is 6. The average molecular weight is 562 g/mol. The zero-order valence-corrected chi connectivity index (χ0v) is 23.6. The summed E-state index contributed by atoms with van der Waals surface area (Å²) in [5, 5.41) is 2.91. The van der Waals surface area contributed by atoms with Gasteiger partial charge in [0.05, 0.1) is 0 Å². The second-order valence-corrected chi connectivity index (χ2v) is 11.1. The van der Waals surface area contributed by atoms with Crippen molar-refractivity contribution in [3.05, 3.63) is 61.5 Å². The number of ether oxygens (including phenoxy) is 1. The zero-order chi connectivity index (χ0) is 26.6. The molecule has 3 rings (SSSR count). The molecule has 0 aliphatic carbocycles. The molecule has 0 bridgehead atoms. The zero-order valence-electron chi connectivity index (χ0n) is 22.0. The Bertz CT molecular complexity index is 1160. The van der Waals surface area contributed by atoms with Crippen molar-refractivity contribution in [2.24, 2.45) is 0 Å². The van der Waals surface area contributed by atoms with E-state index in [1.165, 1.54) is 0 Å². The van der Waals surface area contributed by atoms with E-state index in [2.05, 4.69) is 38.1 Å². The molecule has 1 aromatic carbocycles. The summed E-state index contributed by atoms with van der Waals surface area (Å²) in [7, 11) is 0. The van der Waals surface area contributed by atoms with E-state index in [-0.39, 0.29) is 30.1 Å². The molecule has 2 N–H and O–H groups in total. The number of carbonyl (C=O) groups excluding carboxylic acids is 2. The summed E-state index contributed by atoms with van der Waals surface area (Å²) >= 11 is 3.58. The van der Waals surface area contributed by atoms with Crippen LogP contribution in [0.25, 0.3) is 0 Å². The van der Waals surface area contributed by atoms with Crippen LogP contribution < -0.4 is 15.8 Å². The van der Waals surface area contributed by atoms with E-state index < -0.39 is 5.60 Å². The monoisotopic (exact) mass is 560 g/mol. The number of halogens is 1. The topological polar surface area (TPSA) is 94.7 Å². The molecular weight excluding hydrogens is 524 g/mol. The number of likely N-dealkylation sites (tertiary alicyclic amines) is 1. The van der Waals surface area contributed by atoms with Crippen molar-refractivity contribution in [1.82, 2.24) is 15.2 Å². The molecule has 2 aromatic rings. The molecule has 1 aliphatic rings. The van der Waals surface area contributed by atoms with Gasteiger partial charge in [0.15, 0.2) is 0 Å². The first-order chi connectivity index (χ1) is 16.9. The lowest BCUT2D eigenvalue weighted by Gasteiger charge is -2.40.